The molecule has 0 bridgehead atoms. The van der Waals surface area contributed by atoms with Gasteiger partial charge in [0.05, 0.1) is 5.75 Å². The van der Waals surface area contributed by atoms with Gasteiger partial charge in [-0.25, -0.2) is 0 Å². The molecular formula is C22H25N3O2S. The molecule has 6 heteroatoms. The maximum Gasteiger partial charge on any atom is 0.277 e. The summed E-state index contributed by atoms with van der Waals surface area (Å²) < 4.78 is 5.68. The molecule has 1 atom stereocenters. The van der Waals surface area contributed by atoms with E-state index in [0.717, 1.165) is 17.7 Å². The summed E-state index contributed by atoms with van der Waals surface area (Å²) in [6.07, 6.45) is 1.09. The van der Waals surface area contributed by atoms with Gasteiger partial charge in [0.1, 0.15) is 0 Å². The summed E-state index contributed by atoms with van der Waals surface area (Å²) in [5.74, 6) is 1.09. The van der Waals surface area contributed by atoms with Gasteiger partial charge in [0.15, 0.2) is 0 Å². The predicted octanol–water partition coefficient (Wildman–Crippen LogP) is 5.60. The zero-order chi connectivity index (χ0) is 20.1. The molecule has 0 aliphatic rings. The number of hydrogen-bond donors (Lipinski definition) is 1. The first-order chi connectivity index (χ1) is 13.5. The van der Waals surface area contributed by atoms with Gasteiger partial charge in [0.25, 0.3) is 5.22 Å². The van der Waals surface area contributed by atoms with E-state index in [1.54, 1.807) is 0 Å². The molecule has 1 aromatic heterocycles. The minimum atomic E-state index is -0.104. The number of nitrogens with one attached hydrogen (secondary N) is 1. The molecule has 0 spiro atoms. The molecule has 3 rings (SSSR count). The second-order valence-electron chi connectivity index (χ2n) is 6.94. The van der Waals surface area contributed by atoms with Crippen LogP contribution in [-0.2, 0) is 4.79 Å². The number of thioether (sulfide) groups is 1. The summed E-state index contributed by atoms with van der Waals surface area (Å²) in [7, 11) is 0. The molecule has 0 saturated heterocycles. The van der Waals surface area contributed by atoms with Crippen molar-refractivity contribution in [2.24, 2.45) is 0 Å². The predicted molar refractivity (Wildman–Crippen MR) is 114 cm³/mol. The average Bonchev–Trinajstić information content (AvgIpc) is 3.17. The fourth-order valence-electron chi connectivity index (χ4n) is 2.71. The number of anilines is 1. The monoisotopic (exact) mass is 395 g/mol. The van der Waals surface area contributed by atoms with Crippen molar-refractivity contribution in [1.82, 2.24) is 10.2 Å². The van der Waals surface area contributed by atoms with Crippen molar-refractivity contribution < 1.29 is 9.21 Å². The van der Waals surface area contributed by atoms with Crippen molar-refractivity contribution in [3.05, 3.63) is 59.2 Å². The quantitative estimate of drug-likeness (QED) is 0.528. The average molecular weight is 396 g/mol. The third-order valence-corrected chi connectivity index (χ3v) is 5.68. The van der Waals surface area contributed by atoms with Crippen molar-refractivity contribution in [3.8, 4) is 11.5 Å². The van der Waals surface area contributed by atoms with Crippen LogP contribution < -0.4 is 5.32 Å². The normalized spacial score (nSPS) is 12.0. The molecule has 0 aliphatic carbocycles. The van der Waals surface area contributed by atoms with Gasteiger partial charge in [0.2, 0.25) is 11.8 Å². The van der Waals surface area contributed by atoms with E-state index in [-0.39, 0.29) is 11.7 Å². The molecule has 5 nitrogen and oxygen atoms in total. The summed E-state index contributed by atoms with van der Waals surface area (Å²) in [5.41, 5.74) is 5.34. The highest BCUT2D eigenvalue weighted by Crippen LogP contribution is 2.25. The van der Waals surface area contributed by atoms with Crippen LogP contribution in [0.2, 0.25) is 0 Å². The highest BCUT2D eigenvalue weighted by Gasteiger charge is 2.12. The van der Waals surface area contributed by atoms with Crippen LogP contribution in [0.4, 0.5) is 5.69 Å². The molecule has 1 amide bonds. The van der Waals surface area contributed by atoms with Gasteiger partial charge in [-0.2, -0.15) is 0 Å². The standard InChI is InChI=1S/C22H25N3O2S/c1-5-14(2)17-8-10-19(11-9-17)23-20(26)13-28-22-25-24-21(27-22)18-7-6-15(3)16(4)12-18/h6-12,14H,5,13H2,1-4H3,(H,23,26)/t14-/m0/s1. The number of carbonyl (C=O) groups is 1. The molecular weight excluding hydrogens is 370 g/mol. The van der Waals surface area contributed by atoms with Crippen LogP contribution >= 0.6 is 11.8 Å². The first kappa shape index (κ1) is 20.1. The van der Waals surface area contributed by atoms with Crippen LogP contribution in [0.3, 0.4) is 0 Å². The molecule has 1 N–H and O–H groups in total. The van der Waals surface area contributed by atoms with Crippen molar-refractivity contribution >= 4 is 23.4 Å². The van der Waals surface area contributed by atoms with Crippen molar-refractivity contribution in [3.63, 3.8) is 0 Å². The molecule has 146 valence electrons. The number of aryl methyl sites for hydroxylation is 2. The fraction of sp³-hybridized carbons (Fsp3) is 0.318. The van der Waals surface area contributed by atoms with E-state index in [4.69, 9.17) is 4.42 Å². The molecule has 0 aliphatic heterocycles. The van der Waals surface area contributed by atoms with Gasteiger partial charge < -0.3 is 9.73 Å². The van der Waals surface area contributed by atoms with E-state index in [9.17, 15) is 4.79 Å². The SMILES string of the molecule is CC[C@H](C)c1ccc(NC(=O)CSc2nnc(-c3ccc(C)c(C)c3)o2)cc1. The van der Waals surface area contributed by atoms with Crippen molar-refractivity contribution in [2.75, 3.05) is 11.1 Å². The molecule has 0 fully saturated rings. The highest BCUT2D eigenvalue weighted by molar-refractivity contribution is 7.99. The minimum absolute atomic E-state index is 0.104. The zero-order valence-corrected chi connectivity index (χ0v) is 17.5. The molecule has 0 saturated carbocycles. The Morgan fingerprint density at radius 1 is 1.11 bits per heavy atom. The number of carbonyl (C=O) groups excluding carboxylic acids is 1. The minimum Gasteiger partial charge on any atom is -0.411 e. The highest BCUT2D eigenvalue weighted by atomic mass is 32.2. The lowest BCUT2D eigenvalue weighted by Crippen LogP contribution is -2.14. The third-order valence-electron chi connectivity index (χ3n) is 4.86. The summed E-state index contributed by atoms with van der Waals surface area (Å²) >= 11 is 1.23. The Morgan fingerprint density at radius 3 is 2.54 bits per heavy atom. The van der Waals surface area contributed by atoms with E-state index in [2.05, 4.69) is 48.4 Å². The van der Waals surface area contributed by atoms with E-state index in [0.29, 0.717) is 17.0 Å². The van der Waals surface area contributed by atoms with Gasteiger partial charge in [-0.3, -0.25) is 4.79 Å². The largest absolute Gasteiger partial charge is 0.411 e. The Kier molecular flexibility index (Phi) is 6.52. The molecule has 2 aromatic carbocycles. The summed E-state index contributed by atoms with van der Waals surface area (Å²) in [6.45, 7) is 8.47. The summed E-state index contributed by atoms with van der Waals surface area (Å²) in [4.78, 5) is 12.2. The van der Waals surface area contributed by atoms with E-state index in [1.165, 1.54) is 28.5 Å². The number of rotatable bonds is 7. The lowest BCUT2D eigenvalue weighted by Gasteiger charge is -2.10. The van der Waals surface area contributed by atoms with Crippen molar-refractivity contribution in [2.45, 2.75) is 45.3 Å². The van der Waals surface area contributed by atoms with Crippen LogP contribution in [0.1, 0.15) is 42.9 Å². The number of aromatic nitrogens is 2. The Hall–Kier alpha value is -2.60. The molecule has 0 radical (unpaired) electrons. The number of nitrogens with zero attached hydrogens (tertiary/aromatic N) is 2. The molecule has 0 unspecified atom stereocenters. The third kappa shape index (κ3) is 5.01. The summed E-state index contributed by atoms with van der Waals surface area (Å²) in [5, 5.41) is 11.4. The zero-order valence-electron chi connectivity index (χ0n) is 16.7. The number of benzene rings is 2. The molecule has 28 heavy (non-hydrogen) atoms. The van der Waals surface area contributed by atoms with Crippen LogP contribution in [0.5, 0.6) is 0 Å². The smallest absolute Gasteiger partial charge is 0.277 e. The number of amides is 1. The maximum absolute atomic E-state index is 12.2. The lowest BCUT2D eigenvalue weighted by atomic mass is 9.99. The van der Waals surface area contributed by atoms with E-state index in [1.807, 2.05) is 37.3 Å². The Balaban J connectivity index is 1.55. The van der Waals surface area contributed by atoms with Crippen LogP contribution in [0, 0.1) is 13.8 Å². The van der Waals surface area contributed by atoms with Crippen LogP contribution in [0.25, 0.3) is 11.5 Å². The number of hydrogen-bond acceptors (Lipinski definition) is 5. The Morgan fingerprint density at radius 2 is 1.86 bits per heavy atom. The topological polar surface area (TPSA) is 68.0 Å². The van der Waals surface area contributed by atoms with Crippen molar-refractivity contribution in [1.29, 1.82) is 0 Å². The molecule has 1 heterocycles. The summed E-state index contributed by atoms with van der Waals surface area (Å²) in [6, 6.07) is 14.0. The van der Waals surface area contributed by atoms with Crippen LogP contribution in [-0.4, -0.2) is 21.9 Å². The molecule has 3 aromatic rings. The Labute approximate surface area is 170 Å². The van der Waals surface area contributed by atoms with Gasteiger partial charge in [-0.15, -0.1) is 10.2 Å². The van der Waals surface area contributed by atoms with Gasteiger partial charge in [-0.05, 0) is 67.1 Å². The first-order valence-electron chi connectivity index (χ1n) is 9.40. The van der Waals surface area contributed by atoms with Gasteiger partial charge >= 0.3 is 0 Å². The second kappa shape index (κ2) is 9.06. The van der Waals surface area contributed by atoms with Gasteiger partial charge in [-0.1, -0.05) is 43.8 Å². The van der Waals surface area contributed by atoms with Gasteiger partial charge in [0, 0.05) is 11.3 Å². The van der Waals surface area contributed by atoms with Crippen LogP contribution in [0.15, 0.2) is 52.1 Å². The Bertz CT molecular complexity index is 951. The van der Waals surface area contributed by atoms with E-state index >= 15 is 0 Å². The fourth-order valence-corrected chi connectivity index (χ4v) is 3.28. The lowest BCUT2D eigenvalue weighted by molar-refractivity contribution is -0.113. The second-order valence-corrected chi connectivity index (χ2v) is 7.87. The first-order valence-corrected chi connectivity index (χ1v) is 10.4. The van der Waals surface area contributed by atoms with E-state index < -0.39 is 0 Å². The maximum atomic E-state index is 12.2.